The average molecular weight is 419 g/mol. The van der Waals surface area contributed by atoms with Crippen molar-refractivity contribution in [1.82, 2.24) is 0 Å². The molecule has 0 saturated carbocycles. The first-order valence-corrected chi connectivity index (χ1v) is 8.10. The van der Waals surface area contributed by atoms with Gasteiger partial charge in [-0.2, -0.15) is 0 Å². The van der Waals surface area contributed by atoms with Gasteiger partial charge in [0.05, 0.1) is 6.10 Å². The molecule has 3 rings (SSSR count). The zero-order chi connectivity index (χ0) is 14.3. The van der Waals surface area contributed by atoms with E-state index >= 15 is 0 Å². The molecular weight excluding hydrogens is 407 g/mol. The molecule has 0 aliphatic carbocycles. The Hall–Kier alpha value is -0.550. The molecule has 104 valence electrons. The van der Waals surface area contributed by atoms with Gasteiger partial charge in [0.15, 0.2) is 0 Å². The van der Waals surface area contributed by atoms with Gasteiger partial charge in [0.1, 0.15) is 11.9 Å². The predicted molar refractivity (Wildman–Crippen MR) is 86.2 cm³/mol. The van der Waals surface area contributed by atoms with Gasteiger partial charge in [0.25, 0.3) is 0 Å². The number of benzene rings is 2. The van der Waals surface area contributed by atoms with Crippen LogP contribution in [0, 0.1) is 0 Å². The lowest BCUT2D eigenvalue weighted by atomic mass is 9.95. The van der Waals surface area contributed by atoms with Crippen LogP contribution >= 0.6 is 43.5 Å². The Labute approximate surface area is 139 Å². The van der Waals surface area contributed by atoms with Gasteiger partial charge in [-0.1, -0.05) is 49.5 Å². The molecule has 0 amide bonds. The lowest BCUT2D eigenvalue weighted by Gasteiger charge is -2.30. The molecule has 0 aromatic heterocycles. The van der Waals surface area contributed by atoms with E-state index in [0.717, 1.165) is 25.8 Å². The summed E-state index contributed by atoms with van der Waals surface area (Å²) in [5.74, 6) is 0.721. The second-order valence-electron chi connectivity index (χ2n) is 4.71. The molecule has 2 nitrogen and oxygen atoms in total. The Morgan fingerprint density at radius 1 is 1.10 bits per heavy atom. The molecule has 1 heterocycles. The number of rotatable bonds is 1. The summed E-state index contributed by atoms with van der Waals surface area (Å²) in [7, 11) is 0. The molecule has 0 radical (unpaired) electrons. The standard InChI is InChI=1S/C15H11Br2ClO2/c16-8-1-4-14-11(5-8)13(19)7-15(20-14)10-3-2-9(18)6-12(10)17/h1-6,13,15,19H,7H2/t13-,15?/m1/s1. The smallest absolute Gasteiger partial charge is 0.128 e. The van der Waals surface area contributed by atoms with Gasteiger partial charge in [-0.15, -0.1) is 0 Å². The quantitative estimate of drug-likeness (QED) is 0.670. The number of ether oxygens (including phenoxy) is 1. The summed E-state index contributed by atoms with van der Waals surface area (Å²) >= 11 is 12.9. The van der Waals surface area contributed by atoms with Gasteiger partial charge < -0.3 is 9.84 Å². The van der Waals surface area contributed by atoms with Gasteiger partial charge in [0, 0.05) is 31.5 Å². The van der Waals surface area contributed by atoms with Crippen LogP contribution in [0.3, 0.4) is 0 Å². The highest BCUT2D eigenvalue weighted by atomic mass is 79.9. The van der Waals surface area contributed by atoms with E-state index in [1.54, 1.807) is 0 Å². The van der Waals surface area contributed by atoms with Crippen LogP contribution in [0.4, 0.5) is 0 Å². The molecule has 1 unspecified atom stereocenters. The normalized spacial score (nSPS) is 21.2. The lowest BCUT2D eigenvalue weighted by Crippen LogP contribution is -2.19. The average Bonchev–Trinajstić information content (AvgIpc) is 2.39. The monoisotopic (exact) mass is 416 g/mol. The topological polar surface area (TPSA) is 29.5 Å². The van der Waals surface area contributed by atoms with Gasteiger partial charge >= 0.3 is 0 Å². The second-order valence-corrected chi connectivity index (χ2v) is 6.91. The van der Waals surface area contributed by atoms with E-state index < -0.39 is 6.10 Å². The number of fused-ring (bicyclic) bond motifs is 1. The van der Waals surface area contributed by atoms with Gasteiger partial charge in [-0.05, 0) is 30.3 Å². The third kappa shape index (κ3) is 2.75. The molecule has 0 saturated heterocycles. The molecule has 5 heteroatoms. The number of hydrogen-bond acceptors (Lipinski definition) is 2. The highest BCUT2D eigenvalue weighted by Gasteiger charge is 2.29. The number of halogens is 3. The molecular formula is C15H11Br2ClO2. The van der Waals surface area contributed by atoms with E-state index in [1.165, 1.54) is 0 Å². The molecule has 1 aliphatic rings. The van der Waals surface area contributed by atoms with Crippen molar-refractivity contribution in [1.29, 1.82) is 0 Å². The maximum Gasteiger partial charge on any atom is 0.128 e. The molecule has 0 bridgehead atoms. The highest BCUT2D eigenvalue weighted by molar-refractivity contribution is 9.10. The Morgan fingerprint density at radius 3 is 2.65 bits per heavy atom. The lowest BCUT2D eigenvalue weighted by molar-refractivity contribution is 0.0653. The number of hydrogen-bond donors (Lipinski definition) is 1. The van der Waals surface area contributed by atoms with Crippen molar-refractivity contribution in [2.75, 3.05) is 0 Å². The number of aliphatic hydroxyl groups is 1. The molecule has 2 atom stereocenters. The molecule has 1 N–H and O–H groups in total. The maximum absolute atomic E-state index is 10.3. The molecule has 0 spiro atoms. The largest absolute Gasteiger partial charge is 0.485 e. The van der Waals surface area contributed by atoms with E-state index in [9.17, 15) is 5.11 Å². The minimum Gasteiger partial charge on any atom is -0.485 e. The fraction of sp³-hybridized carbons (Fsp3) is 0.200. The zero-order valence-electron chi connectivity index (χ0n) is 10.3. The SMILES string of the molecule is O[C@@H]1CC(c2ccc(Cl)cc2Br)Oc2ccc(Br)cc21. The minimum atomic E-state index is -0.538. The molecule has 2 aromatic rings. The summed E-state index contributed by atoms with van der Waals surface area (Å²) in [5.41, 5.74) is 1.81. The highest BCUT2D eigenvalue weighted by Crippen LogP contribution is 2.43. The van der Waals surface area contributed by atoms with Crippen LogP contribution in [-0.2, 0) is 0 Å². The van der Waals surface area contributed by atoms with Crippen molar-refractivity contribution in [3.05, 3.63) is 61.5 Å². The van der Waals surface area contributed by atoms with Crippen molar-refractivity contribution in [2.24, 2.45) is 0 Å². The summed E-state index contributed by atoms with van der Waals surface area (Å²) in [5, 5.41) is 11.0. The molecule has 0 fully saturated rings. The van der Waals surface area contributed by atoms with E-state index in [4.69, 9.17) is 16.3 Å². The Balaban J connectivity index is 1.97. The van der Waals surface area contributed by atoms with Gasteiger partial charge in [-0.25, -0.2) is 0 Å². The maximum atomic E-state index is 10.3. The second kappa shape index (κ2) is 5.68. The number of aliphatic hydroxyl groups excluding tert-OH is 1. The Bertz CT molecular complexity index is 660. The fourth-order valence-electron chi connectivity index (χ4n) is 2.37. The van der Waals surface area contributed by atoms with Crippen molar-refractivity contribution in [3.63, 3.8) is 0 Å². The zero-order valence-corrected chi connectivity index (χ0v) is 14.2. The van der Waals surface area contributed by atoms with Crippen LogP contribution in [0.25, 0.3) is 0 Å². The first kappa shape index (κ1) is 14.4. The van der Waals surface area contributed by atoms with Crippen LogP contribution in [0.2, 0.25) is 5.02 Å². The third-order valence-electron chi connectivity index (χ3n) is 3.35. The van der Waals surface area contributed by atoms with E-state index in [2.05, 4.69) is 31.9 Å². The Morgan fingerprint density at radius 2 is 1.90 bits per heavy atom. The van der Waals surface area contributed by atoms with Crippen molar-refractivity contribution >= 4 is 43.5 Å². The summed E-state index contributed by atoms with van der Waals surface area (Å²) in [6.45, 7) is 0. The Kier molecular flexibility index (Phi) is 4.09. The van der Waals surface area contributed by atoms with Crippen LogP contribution in [0.5, 0.6) is 5.75 Å². The molecule has 2 aromatic carbocycles. The van der Waals surface area contributed by atoms with E-state index in [0.29, 0.717) is 11.4 Å². The van der Waals surface area contributed by atoms with Crippen molar-refractivity contribution < 1.29 is 9.84 Å². The van der Waals surface area contributed by atoms with Crippen molar-refractivity contribution in [3.8, 4) is 5.75 Å². The summed E-state index contributed by atoms with van der Waals surface area (Å²) < 4.78 is 7.84. The van der Waals surface area contributed by atoms with E-state index in [1.807, 2.05) is 36.4 Å². The van der Waals surface area contributed by atoms with Crippen LogP contribution in [-0.4, -0.2) is 5.11 Å². The summed E-state index contributed by atoms with van der Waals surface area (Å²) in [4.78, 5) is 0. The molecule has 20 heavy (non-hydrogen) atoms. The van der Waals surface area contributed by atoms with E-state index in [-0.39, 0.29) is 6.10 Å². The summed E-state index contributed by atoms with van der Waals surface area (Å²) in [6.07, 6.45) is -0.210. The van der Waals surface area contributed by atoms with Crippen molar-refractivity contribution in [2.45, 2.75) is 18.6 Å². The summed E-state index contributed by atoms with van der Waals surface area (Å²) in [6, 6.07) is 11.3. The first-order chi connectivity index (χ1) is 9.54. The molecule has 1 aliphatic heterocycles. The van der Waals surface area contributed by atoms with Crippen LogP contribution in [0.15, 0.2) is 45.3 Å². The van der Waals surface area contributed by atoms with Gasteiger partial charge in [-0.3, -0.25) is 0 Å². The first-order valence-electron chi connectivity index (χ1n) is 6.13. The fourth-order valence-corrected chi connectivity index (χ4v) is 3.69. The minimum absolute atomic E-state index is 0.190. The van der Waals surface area contributed by atoms with Gasteiger partial charge in [0.2, 0.25) is 0 Å². The predicted octanol–water partition coefficient (Wildman–Crippen LogP) is 5.42. The van der Waals surface area contributed by atoms with Crippen LogP contribution < -0.4 is 4.74 Å². The van der Waals surface area contributed by atoms with Crippen LogP contribution in [0.1, 0.15) is 29.8 Å². The third-order valence-corrected chi connectivity index (χ3v) is 4.76.